The second-order valence-electron chi connectivity index (χ2n) is 4.79. The molecule has 0 atom stereocenters. The lowest BCUT2D eigenvalue weighted by Crippen LogP contribution is -2.19. The zero-order valence-corrected chi connectivity index (χ0v) is 8.95. The molecule has 0 spiro atoms. The molecule has 3 nitrogen and oxygen atoms in total. The molecule has 80 valence electrons. The van der Waals surface area contributed by atoms with Crippen molar-refractivity contribution < 1.29 is 5.11 Å². The number of hydrogen-bond acceptors (Lipinski definition) is 3. The molecular formula is C12H16N2O. The molecule has 1 aromatic rings. The van der Waals surface area contributed by atoms with E-state index in [2.05, 4.69) is 18.0 Å². The van der Waals surface area contributed by atoms with Gasteiger partial charge < -0.3 is 15.7 Å². The number of rotatable bonds is 1. The number of anilines is 1. The Morgan fingerprint density at radius 1 is 1.40 bits per heavy atom. The lowest BCUT2D eigenvalue weighted by Gasteiger charge is -2.16. The summed E-state index contributed by atoms with van der Waals surface area (Å²) in [5.41, 5.74) is 9.06. The number of phenolic OH excluding ortho intramolecular Hbond substituents is 1. The van der Waals surface area contributed by atoms with Crippen LogP contribution in [0.3, 0.4) is 0 Å². The monoisotopic (exact) mass is 204 g/mol. The number of benzene rings is 1. The highest BCUT2D eigenvalue weighted by Crippen LogP contribution is 2.49. The quantitative estimate of drug-likeness (QED) is 0.725. The molecule has 15 heavy (non-hydrogen) atoms. The summed E-state index contributed by atoms with van der Waals surface area (Å²) in [6, 6.07) is 4.08. The van der Waals surface area contributed by atoms with E-state index < -0.39 is 0 Å². The predicted octanol–water partition coefficient (Wildman–Crippen LogP) is 1.33. The van der Waals surface area contributed by atoms with E-state index in [0.29, 0.717) is 5.75 Å². The Bertz CT molecular complexity index is 424. The summed E-state index contributed by atoms with van der Waals surface area (Å²) in [4.78, 5) is 2.18. The minimum Gasteiger partial charge on any atom is -0.507 e. The summed E-state index contributed by atoms with van der Waals surface area (Å²) in [6.45, 7) is 0.990. The fourth-order valence-electron chi connectivity index (χ4n) is 2.44. The normalized spacial score (nSPS) is 21.6. The van der Waals surface area contributed by atoms with Gasteiger partial charge in [0.2, 0.25) is 0 Å². The van der Waals surface area contributed by atoms with Crippen LogP contribution >= 0.6 is 0 Å². The van der Waals surface area contributed by atoms with Crippen molar-refractivity contribution in [2.24, 2.45) is 5.73 Å². The van der Waals surface area contributed by atoms with Gasteiger partial charge in [-0.15, -0.1) is 0 Å². The van der Waals surface area contributed by atoms with Crippen LogP contribution in [-0.4, -0.2) is 18.7 Å². The first-order chi connectivity index (χ1) is 7.12. The van der Waals surface area contributed by atoms with Crippen LogP contribution in [0.25, 0.3) is 0 Å². The van der Waals surface area contributed by atoms with Crippen molar-refractivity contribution in [1.29, 1.82) is 0 Å². The number of hydrogen-bond donors (Lipinski definition) is 2. The average Bonchev–Trinajstić information content (AvgIpc) is 2.83. The van der Waals surface area contributed by atoms with Crippen LogP contribution in [0.5, 0.6) is 5.75 Å². The van der Waals surface area contributed by atoms with Crippen LogP contribution < -0.4 is 10.6 Å². The molecule has 3 heteroatoms. The van der Waals surface area contributed by atoms with Crippen LogP contribution in [0.15, 0.2) is 12.1 Å². The highest BCUT2D eigenvalue weighted by molar-refractivity contribution is 5.66. The van der Waals surface area contributed by atoms with Crippen molar-refractivity contribution in [1.82, 2.24) is 0 Å². The van der Waals surface area contributed by atoms with E-state index in [0.717, 1.165) is 42.6 Å². The number of aromatic hydroxyl groups is 1. The van der Waals surface area contributed by atoms with Gasteiger partial charge in [-0.3, -0.25) is 0 Å². The van der Waals surface area contributed by atoms with E-state index in [4.69, 9.17) is 5.73 Å². The molecule has 2 aliphatic rings. The van der Waals surface area contributed by atoms with Crippen molar-refractivity contribution in [2.75, 3.05) is 18.5 Å². The van der Waals surface area contributed by atoms with Gasteiger partial charge in [-0.2, -0.15) is 0 Å². The molecule has 0 saturated heterocycles. The van der Waals surface area contributed by atoms with Gasteiger partial charge in [0.1, 0.15) is 5.75 Å². The van der Waals surface area contributed by atoms with Gasteiger partial charge in [-0.05, 0) is 25.3 Å². The molecule has 0 unspecified atom stereocenters. The SMILES string of the molecule is CN1CCc2c1ccc(C1(N)CC1)c2O. The standard InChI is InChI=1S/C12H16N2O/c1-14-7-4-8-10(14)3-2-9(11(8)15)12(13)5-6-12/h2-3,15H,4-7,13H2,1H3. The number of nitrogens with zero attached hydrogens (tertiary/aromatic N) is 1. The van der Waals surface area contributed by atoms with Crippen LogP contribution in [0.2, 0.25) is 0 Å². The Hall–Kier alpha value is -1.22. The summed E-state index contributed by atoms with van der Waals surface area (Å²) >= 11 is 0. The number of nitrogens with two attached hydrogens (primary N) is 1. The Labute approximate surface area is 89.5 Å². The first-order valence-corrected chi connectivity index (χ1v) is 5.47. The molecule has 1 fully saturated rings. The van der Waals surface area contributed by atoms with E-state index in [-0.39, 0.29) is 5.54 Å². The van der Waals surface area contributed by atoms with Crippen molar-refractivity contribution >= 4 is 5.69 Å². The van der Waals surface area contributed by atoms with Gasteiger partial charge in [0.05, 0.1) is 0 Å². The van der Waals surface area contributed by atoms with E-state index in [1.807, 2.05) is 6.07 Å². The van der Waals surface area contributed by atoms with Crippen LogP contribution in [0.1, 0.15) is 24.0 Å². The first-order valence-electron chi connectivity index (χ1n) is 5.47. The number of likely N-dealkylation sites (N-methyl/N-ethyl adjacent to an activating group) is 1. The molecule has 0 radical (unpaired) electrons. The summed E-state index contributed by atoms with van der Waals surface area (Å²) in [7, 11) is 2.06. The van der Waals surface area contributed by atoms with Gasteiger partial charge in [-0.1, -0.05) is 6.07 Å². The summed E-state index contributed by atoms with van der Waals surface area (Å²) in [5, 5.41) is 10.2. The third-order valence-corrected chi connectivity index (χ3v) is 3.69. The van der Waals surface area contributed by atoms with Crippen LogP contribution in [0.4, 0.5) is 5.69 Å². The third-order valence-electron chi connectivity index (χ3n) is 3.69. The second-order valence-corrected chi connectivity index (χ2v) is 4.79. The van der Waals surface area contributed by atoms with E-state index in [9.17, 15) is 5.11 Å². The molecule has 3 rings (SSSR count). The predicted molar refractivity (Wildman–Crippen MR) is 60.2 cm³/mol. The summed E-state index contributed by atoms with van der Waals surface area (Å²) < 4.78 is 0. The minimum absolute atomic E-state index is 0.236. The molecule has 3 N–H and O–H groups in total. The molecule has 0 aromatic heterocycles. The van der Waals surface area contributed by atoms with Gasteiger partial charge in [0.25, 0.3) is 0 Å². The summed E-state index contributed by atoms with van der Waals surface area (Å²) in [6.07, 6.45) is 2.92. The zero-order chi connectivity index (χ0) is 10.6. The van der Waals surface area contributed by atoms with Crippen LogP contribution in [0, 0.1) is 0 Å². The third kappa shape index (κ3) is 1.16. The Kier molecular flexibility index (Phi) is 1.61. The molecule has 1 aliphatic carbocycles. The topological polar surface area (TPSA) is 49.5 Å². The Morgan fingerprint density at radius 3 is 2.80 bits per heavy atom. The molecule has 1 heterocycles. The molecular weight excluding hydrogens is 188 g/mol. The van der Waals surface area contributed by atoms with Gasteiger partial charge in [-0.25, -0.2) is 0 Å². The number of phenols is 1. The van der Waals surface area contributed by atoms with E-state index in [1.54, 1.807) is 0 Å². The van der Waals surface area contributed by atoms with Gasteiger partial charge in [0.15, 0.2) is 0 Å². The smallest absolute Gasteiger partial charge is 0.125 e. The largest absolute Gasteiger partial charge is 0.507 e. The molecule has 1 aromatic carbocycles. The van der Waals surface area contributed by atoms with Gasteiger partial charge >= 0.3 is 0 Å². The lowest BCUT2D eigenvalue weighted by atomic mass is 9.99. The molecule has 1 saturated carbocycles. The highest BCUT2D eigenvalue weighted by Gasteiger charge is 2.43. The number of fused-ring (bicyclic) bond motifs is 1. The Morgan fingerprint density at radius 2 is 2.13 bits per heavy atom. The Balaban J connectivity index is 2.14. The van der Waals surface area contributed by atoms with Gasteiger partial charge in [0, 0.05) is 35.9 Å². The average molecular weight is 204 g/mol. The second kappa shape index (κ2) is 2.67. The van der Waals surface area contributed by atoms with Crippen molar-refractivity contribution in [3.63, 3.8) is 0 Å². The molecule has 1 aliphatic heterocycles. The molecule has 0 amide bonds. The highest BCUT2D eigenvalue weighted by atomic mass is 16.3. The minimum atomic E-state index is -0.236. The fourth-order valence-corrected chi connectivity index (χ4v) is 2.44. The lowest BCUT2D eigenvalue weighted by molar-refractivity contribution is 0.455. The van der Waals surface area contributed by atoms with Crippen molar-refractivity contribution in [2.45, 2.75) is 24.8 Å². The maximum Gasteiger partial charge on any atom is 0.125 e. The van der Waals surface area contributed by atoms with Crippen molar-refractivity contribution in [3.05, 3.63) is 23.3 Å². The maximum atomic E-state index is 10.2. The maximum absolute atomic E-state index is 10.2. The zero-order valence-electron chi connectivity index (χ0n) is 8.95. The van der Waals surface area contributed by atoms with Crippen molar-refractivity contribution in [3.8, 4) is 5.75 Å². The molecule has 0 bridgehead atoms. The van der Waals surface area contributed by atoms with E-state index in [1.165, 1.54) is 0 Å². The fraction of sp³-hybridized carbons (Fsp3) is 0.500. The van der Waals surface area contributed by atoms with Crippen LogP contribution in [-0.2, 0) is 12.0 Å². The summed E-state index contributed by atoms with van der Waals surface area (Å²) in [5.74, 6) is 0.442. The van der Waals surface area contributed by atoms with E-state index >= 15 is 0 Å². The first kappa shape index (κ1) is 9.04.